The standard InChI is InChI=1S/C16H21NOS/c1-4-17-9-15-7-12(2)16(13(3)8-15)18-10-14-5-6-19-11-14/h5-8,11,17H,4,9-10H2,1-3H3. The fourth-order valence-electron chi connectivity index (χ4n) is 2.17. The molecule has 0 unspecified atom stereocenters. The summed E-state index contributed by atoms with van der Waals surface area (Å²) in [5.74, 6) is 1.02. The molecule has 0 aliphatic rings. The summed E-state index contributed by atoms with van der Waals surface area (Å²) >= 11 is 1.71. The van der Waals surface area contributed by atoms with Crippen LogP contribution in [0, 0.1) is 13.8 Å². The van der Waals surface area contributed by atoms with Gasteiger partial charge < -0.3 is 10.1 Å². The third kappa shape index (κ3) is 3.82. The lowest BCUT2D eigenvalue weighted by Gasteiger charge is -2.14. The first-order chi connectivity index (χ1) is 9.20. The van der Waals surface area contributed by atoms with Crippen molar-refractivity contribution < 1.29 is 4.74 Å². The van der Waals surface area contributed by atoms with E-state index in [1.54, 1.807) is 11.3 Å². The number of hydrogen-bond acceptors (Lipinski definition) is 3. The molecule has 0 bridgehead atoms. The Bertz CT molecular complexity index is 497. The predicted molar refractivity (Wildman–Crippen MR) is 81.9 cm³/mol. The van der Waals surface area contributed by atoms with Gasteiger partial charge in [-0.2, -0.15) is 11.3 Å². The molecule has 0 radical (unpaired) electrons. The number of thiophene rings is 1. The number of ether oxygens (including phenoxy) is 1. The van der Waals surface area contributed by atoms with Gasteiger partial charge >= 0.3 is 0 Å². The van der Waals surface area contributed by atoms with Gasteiger partial charge in [-0.3, -0.25) is 0 Å². The van der Waals surface area contributed by atoms with Gasteiger partial charge in [0.2, 0.25) is 0 Å². The first kappa shape index (κ1) is 14.1. The fourth-order valence-corrected chi connectivity index (χ4v) is 2.82. The summed E-state index contributed by atoms with van der Waals surface area (Å²) in [5, 5.41) is 7.56. The van der Waals surface area contributed by atoms with Crippen LogP contribution in [0.5, 0.6) is 5.75 Å². The molecule has 0 aliphatic heterocycles. The molecule has 0 aliphatic carbocycles. The second-order valence-electron chi connectivity index (χ2n) is 4.76. The Kier molecular flexibility index (Phi) is 5.00. The Balaban J connectivity index is 2.08. The summed E-state index contributed by atoms with van der Waals surface area (Å²) in [4.78, 5) is 0. The Labute approximate surface area is 119 Å². The molecule has 19 heavy (non-hydrogen) atoms. The molecule has 3 heteroatoms. The average molecular weight is 275 g/mol. The van der Waals surface area contributed by atoms with E-state index in [4.69, 9.17) is 4.74 Å². The van der Waals surface area contributed by atoms with Crippen molar-refractivity contribution in [3.8, 4) is 5.75 Å². The highest BCUT2D eigenvalue weighted by Gasteiger charge is 2.07. The van der Waals surface area contributed by atoms with Gasteiger partial charge in [0.05, 0.1) is 0 Å². The lowest BCUT2D eigenvalue weighted by molar-refractivity contribution is 0.302. The summed E-state index contributed by atoms with van der Waals surface area (Å²) in [6.07, 6.45) is 0. The first-order valence-electron chi connectivity index (χ1n) is 6.65. The van der Waals surface area contributed by atoms with Gasteiger partial charge in [-0.05, 0) is 59.5 Å². The van der Waals surface area contributed by atoms with Gasteiger partial charge in [-0.25, -0.2) is 0 Å². The normalized spacial score (nSPS) is 10.7. The first-order valence-corrected chi connectivity index (χ1v) is 7.59. The molecule has 0 saturated heterocycles. The third-order valence-electron chi connectivity index (χ3n) is 3.06. The summed E-state index contributed by atoms with van der Waals surface area (Å²) in [5.41, 5.74) is 4.98. The highest BCUT2D eigenvalue weighted by molar-refractivity contribution is 7.07. The van der Waals surface area contributed by atoms with Crippen LogP contribution >= 0.6 is 11.3 Å². The zero-order valence-corrected chi connectivity index (χ0v) is 12.6. The maximum atomic E-state index is 5.96. The zero-order valence-electron chi connectivity index (χ0n) is 11.8. The fraction of sp³-hybridized carbons (Fsp3) is 0.375. The number of rotatable bonds is 6. The van der Waals surface area contributed by atoms with E-state index >= 15 is 0 Å². The number of benzene rings is 1. The van der Waals surface area contributed by atoms with E-state index in [2.05, 4.69) is 55.0 Å². The maximum Gasteiger partial charge on any atom is 0.125 e. The smallest absolute Gasteiger partial charge is 0.125 e. The third-order valence-corrected chi connectivity index (χ3v) is 3.79. The van der Waals surface area contributed by atoms with Gasteiger partial charge in [-0.1, -0.05) is 19.1 Å². The largest absolute Gasteiger partial charge is 0.488 e. The molecule has 0 amide bonds. The van der Waals surface area contributed by atoms with Crippen LogP contribution in [0.25, 0.3) is 0 Å². The molecule has 0 fully saturated rings. The lowest BCUT2D eigenvalue weighted by Crippen LogP contribution is -2.12. The Hall–Kier alpha value is -1.32. The van der Waals surface area contributed by atoms with E-state index in [0.717, 1.165) is 18.8 Å². The van der Waals surface area contributed by atoms with Crippen molar-refractivity contribution in [2.75, 3.05) is 6.54 Å². The minimum Gasteiger partial charge on any atom is -0.488 e. The van der Waals surface area contributed by atoms with Crippen LogP contribution in [0.2, 0.25) is 0 Å². The average Bonchev–Trinajstić information content (AvgIpc) is 2.88. The maximum absolute atomic E-state index is 5.96. The summed E-state index contributed by atoms with van der Waals surface area (Å²) in [6, 6.07) is 6.52. The molecule has 0 atom stereocenters. The second-order valence-corrected chi connectivity index (χ2v) is 5.54. The van der Waals surface area contributed by atoms with Crippen LogP contribution in [0.1, 0.15) is 29.2 Å². The topological polar surface area (TPSA) is 21.3 Å². The number of hydrogen-bond donors (Lipinski definition) is 1. The van der Waals surface area contributed by atoms with Crippen molar-refractivity contribution in [2.24, 2.45) is 0 Å². The van der Waals surface area contributed by atoms with Gasteiger partial charge in [0.1, 0.15) is 12.4 Å². The molecular formula is C16H21NOS. The monoisotopic (exact) mass is 275 g/mol. The van der Waals surface area contributed by atoms with E-state index in [-0.39, 0.29) is 0 Å². The Morgan fingerprint density at radius 3 is 2.47 bits per heavy atom. The van der Waals surface area contributed by atoms with Crippen molar-refractivity contribution >= 4 is 11.3 Å². The summed E-state index contributed by atoms with van der Waals surface area (Å²) in [7, 11) is 0. The second kappa shape index (κ2) is 6.73. The molecule has 2 rings (SSSR count). The molecular weight excluding hydrogens is 254 g/mol. The van der Waals surface area contributed by atoms with Crippen molar-refractivity contribution in [3.63, 3.8) is 0 Å². The van der Waals surface area contributed by atoms with Crippen LogP contribution < -0.4 is 10.1 Å². The van der Waals surface area contributed by atoms with Gasteiger partial charge in [0, 0.05) is 6.54 Å². The van der Waals surface area contributed by atoms with E-state index < -0.39 is 0 Å². The van der Waals surface area contributed by atoms with Crippen LogP contribution in [-0.4, -0.2) is 6.54 Å². The Morgan fingerprint density at radius 2 is 1.89 bits per heavy atom. The van der Waals surface area contributed by atoms with Crippen LogP contribution in [0.15, 0.2) is 29.0 Å². The van der Waals surface area contributed by atoms with Crippen molar-refractivity contribution in [1.29, 1.82) is 0 Å². The highest BCUT2D eigenvalue weighted by atomic mass is 32.1. The molecule has 102 valence electrons. The summed E-state index contributed by atoms with van der Waals surface area (Å²) < 4.78 is 5.96. The molecule has 0 saturated carbocycles. The van der Waals surface area contributed by atoms with E-state index in [9.17, 15) is 0 Å². The van der Waals surface area contributed by atoms with Crippen LogP contribution in [0.3, 0.4) is 0 Å². The zero-order chi connectivity index (χ0) is 13.7. The van der Waals surface area contributed by atoms with Crippen molar-refractivity contribution in [3.05, 3.63) is 51.2 Å². The Morgan fingerprint density at radius 1 is 1.16 bits per heavy atom. The summed E-state index contributed by atoms with van der Waals surface area (Å²) in [6.45, 7) is 8.92. The number of aryl methyl sites for hydroxylation is 2. The van der Waals surface area contributed by atoms with E-state index in [0.29, 0.717) is 6.61 Å². The molecule has 1 heterocycles. The van der Waals surface area contributed by atoms with Crippen molar-refractivity contribution in [1.82, 2.24) is 5.32 Å². The molecule has 2 aromatic rings. The molecule has 1 aromatic heterocycles. The minimum atomic E-state index is 0.651. The van der Waals surface area contributed by atoms with Crippen LogP contribution in [-0.2, 0) is 13.2 Å². The minimum absolute atomic E-state index is 0.651. The van der Waals surface area contributed by atoms with Gasteiger partial charge in [0.15, 0.2) is 0 Å². The van der Waals surface area contributed by atoms with E-state index in [1.807, 2.05) is 0 Å². The molecule has 0 spiro atoms. The van der Waals surface area contributed by atoms with Crippen molar-refractivity contribution in [2.45, 2.75) is 33.9 Å². The SMILES string of the molecule is CCNCc1cc(C)c(OCc2ccsc2)c(C)c1. The van der Waals surface area contributed by atoms with Crippen LogP contribution in [0.4, 0.5) is 0 Å². The van der Waals surface area contributed by atoms with Gasteiger partial charge in [-0.15, -0.1) is 0 Å². The predicted octanol–water partition coefficient (Wildman–Crippen LogP) is 4.05. The van der Waals surface area contributed by atoms with Gasteiger partial charge in [0.25, 0.3) is 0 Å². The molecule has 1 N–H and O–H groups in total. The quantitative estimate of drug-likeness (QED) is 0.858. The number of nitrogens with one attached hydrogen (secondary N) is 1. The highest BCUT2D eigenvalue weighted by Crippen LogP contribution is 2.26. The molecule has 2 nitrogen and oxygen atoms in total. The van der Waals surface area contributed by atoms with E-state index in [1.165, 1.54) is 22.3 Å². The molecule has 1 aromatic carbocycles. The lowest BCUT2D eigenvalue weighted by atomic mass is 10.1.